The van der Waals surface area contributed by atoms with Crippen LogP contribution < -0.4 is 5.73 Å². The molecule has 0 saturated heterocycles. The molecule has 0 fully saturated rings. The van der Waals surface area contributed by atoms with Gasteiger partial charge in [-0.1, -0.05) is 13.8 Å². The Bertz CT molecular complexity index is 158. The van der Waals surface area contributed by atoms with E-state index in [1.165, 1.54) is 7.11 Å². The number of methoxy groups -OCH3 is 1. The first-order valence-electron chi connectivity index (χ1n) is 5.20. The van der Waals surface area contributed by atoms with Crippen molar-refractivity contribution in [3.8, 4) is 0 Å². The highest BCUT2D eigenvalue weighted by Crippen LogP contribution is 2.04. The molecule has 0 amide bonds. The zero-order chi connectivity index (χ0) is 11.0. The van der Waals surface area contributed by atoms with Gasteiger partial charge < -0.3 is 10.5 Å². The van der Waals surface area contributed by atoms with Crippen LogP contribution >= 0.6 is 0 Å². The Morgan fingerprint density at radius 1 is 1.50 bits per heavy atom. The van der Waals surface area contributed by atoms with E-state index in [4.69, 9.17) is 5.73 Å². The zero-order valence-electron chi connectivity index (χ0n) is 9.45. The third-order valence-electron chi connectivity index (χ3n) is 2.33. The van der Waals surface area contributed by atoms with Gasteiger partial charge in [-0.2, -0.15) is 0 Å². The average molecular weight is 202 g/mol. The predicted octanol–water partition coefficient (Wildman–Crippen LogP) is 0.609. The van der Waals surface area contributed by atoms with Crippen LogP contribution in [0.5, 0.6) is 0 Å². The second kappa shape index (κ2) is 7.76. The normalized spacial score (nSPS) is 12.9. The number of ether oxygens (including phenoxy) is 1. The van der Waals surface area contributed by atoms with E-state index < -0.39 is 0 Å². The van der Waals surface area contributed by atoms with E-state index in [2.05, 4.69) is 23.5 Å². The van der Waals surface area contributed by atoms with Crippen molar-refractivity contribution in [1.29, 1.82) is 0 Å². The minimum absolute atomic E-state index is 0.189. The minimum atomic E-state index is -0.189. The van der Waals surface area contributed by atoms with Crippen LogP contribution in [0, 0.1) is 0 Å². The number of hydrogen-bond acceptors (Lipinski definition) is 4. The third-order valence-corrected chi connectivity index (χ3v) is 2.33. The minimum Gasteiger partial charge on any atom is -0.468 e. The maximum Gasteiger partial charge on any atom is 0.319 e. The number of carbonyl (C=O) groups excluding carboxylic acids is 1. The molecule has 1 atom stereocenters. The Balaban J connectivity index is 4.17. The van der Waals surface area contributed by atoms with Gasteiger partial charge in [0, 0.05) is 12.6 Å². The van der Waals surface area contributed by atoms with Gasteiger partial charge in [-0.25, -0.2) is 0 Å². The Hall–Kier alpha value is -0.610. The molecule has 0 bridgehead atoms. The largest absolute Gasteiger partial charge is 0.468 e. The van der Waals surface area contributed by atoms with Crippen molar-refractivity contribution in [2.75, 3.05) is 26.7 Å². The number of nitrogens with zero attached hydrogens (tertiary/aromatic N) is 1. The SMILES string of the molecule is CCCN(CC(=O)OC)C(CC)CN. The lowest BCUT2D eigenvalue weighted by Gasteiger charge is -2.28. The number of carbonyl (C=O) groups is 1. The maximum absolute atomic E-state index is 11.1. The summed E-state index contributed by atoms with van der Waals surface area (Å²) in [6.45, 7) is 6.00. The van der Waals surface area contributed by atoms with Crippen LogP contribution in [0.3, 0.4) is 0 Å². The summed E-state index contributed by atoms with van der Waals surface area (Å²) in [5.74, 6) is -0.189. The van der Waals surface area contributed by atoms with Crippen LogP contribution in [-0.2, 0) is 9.53 Å². The van der Waals surface area contributed by atoms with Gasteiger partial charge in [0.25, 0.3) is 0 Å². The summed E-state index contributed by atoms with van der Waals surface area (Å²) >= 11 is 0. The van der Waals surface area contributed by atoms with Gasteiger partial charge >= 0.3 is 5.97 Å². The van der Waals surface area contributed by atoms with Crippen LogP contribution in [0.25, 0.3) is 0 Å². The first-order valence-corrected chi connectivity index (χ1v) is 5.20. The van der Waals surface area contributed by atoms with E-state index in [0.717, 1.165) is 19.4 Å². The van der Waals surface area contributed by atoms with Crippen LogP contribution in [0.4, 0.5) is 0 Å². The highest BCUT2D eigenvalue weighted by molar-refractivity contribution is 5.71. The second-order valence-electron chi connectivity index (χ2n) is 3.34. The summed E-state index contributed by atoms with van der Waals surface area (Å²) < 4.78 is 4.64. The summed E-state index contributed by atoms with van der Waals surface area (Å²) in [6.07, 6.45) is 1.99. The molecule has 2 N–H and O–H groups in total. The van der Waals surface area contributed by atoms with E-state index in [-0.39, 0.29) is 12.0 Å². The third kappa shape index (κ3) is 4.58. The molecule has 0 rings (SSSR count). The van der Waals surface area contributed by atoms with E-state index in [9.17, 15) is 4.79 Å². The fraction of sp³-hybridized carbons (Fsp3) is 0.900. The monoisotopic (exact) mass is 202 g/mol. The van der Waals surface area contributed by atoms with Gasteiger partial charge in [0.15, 0.2) is 0 Å². The molecule has 1 unspecified atom stereocenters. The second-order valence-corrected chi connectivity index (χ2v) is 3.34. The lowest BCUT2D eigenvalue weighted by Crippen LogP contribution is -2.43. The summed E-state index contributed by atoms with van der Waals surface area (Å²) in [4.78, 5) is 13.2. The van der Waals surface area contributed by atoms with Gasteiger partial charge in [0.1, 0.15) is 0 Å². The van der Waals surface area contributed by atoms with Gasteiger partial charge in [0.2, 0.25) is 0 Å². The first kappa shape index (κ1) is 13.4. The lowest BCUT2D eigenvalue weighted by atomic mass is 10.2. The van der Waals surface area contributed by atoms with Gasteiger partial charge in [-0.05, 0) is 19.4 Å². The van der Waals surface area contributed by atoms with E-state index in [1.54, 1.807) is 0 Å². The molecule has 0 radical (unpaired) electrons. The molecular weight excluding hydrogens is 180 g/mol. The summed E-state index contributed by atoms with van der Waals surface area (Å²) in [6, 6.07) is 0.286. The molecule has 84 valence electrons. The van der Waals surface area contributed by atoms with E-state index in [1.807, 2.05) is 0 Å². The van der Waals surface area contributed by atoms with E-state index >= 15 is 0 Å². The zero-order valence-corrected chi connectivity index (χ0v) is 9.45. The van der Waals surface area contributed by atoms with Crippen molar-refractivity contribution in [1.82, 2.24) is 4.90 Å². The molecule has 0 saturated carbocycles. The molecule has 4 nitrogen and oxygen atoms in total. The molecule has 4 heteroatoms. The fourth-order valence-corrected chi connectivity index (χ4v) is 1.48. The molecule has 0 aromatic heterocycles. The van der Waals surface area contributed by atoms with Crippen LogP contribution in [-0.4, -0.2) is 43.7 Å². The Kier molecular flexibility index (Phi) is 7.42. The number of rotatable bonds is 7. The van der Waals surface area contributed by atoms with Gasteiger partial charge in [-0.3, -0.25) is 9.69 Å². The summed E-state index contributed by atoms with van der Waals surface area (Å²) in [5.41, 5.74) is 5.64. The van der Waals surface area contributed by atoms with Gasteiger partial charge in [0.05, 0.1) is 13.7 Å². The van der Waals surface area contributed by atoms with Crippen LogP contribution in [0.2, 0.25) is 0 Å². The number of esters is 1. The Labute approximate surface area is 86.4 Å². The van der Waals surface area contributed by atoms with Crippen molar-refractivity contribution in [3.05, 3.63) is 0 Å². The molecular formula is C10H22N2O2. The van der Waals surface area contributed by atoms with Crippen molar-refractivity contribution in [3.63, 3.8) is 0 Å². The predicted molar refractivity (Wildman–Crippen MR) is 57.0 cm³/mol. The van der Waals surface area contributed by atoms with Crippen LogP contribution in [0.1, 0.15) is 26.7 Å². The molecule has 0 aromatic carbocycles. The standard InChI is InChI=1S/C10H22N2O2/c1-4-6-12(8-10(13)14-3)9(5-2)7-11/h9H,4-8,11H2,1-3H3. The number of hydrogen-bond donors (Lipinski definition) is 1. The quantitative estimate of drug-likeness (QED) is 0.614. The molecule has 0 aliphatic heterocycles. The van der Waals surface area contributed by atoms with Gasteiger partial charge in [-0.15, -0.1) is 0 Å². The molecule has 0 aliphatic rings. The van der Waals surface area contributed by atoms with Crippen molar-refractivity contribution < 1.29 is 9.53 Å². The summed E-state index contributed by atoms with van der Waals surface area (Å²) in [7, 11) is 1.41. The molecule has 0 aliphatic carbocycles. The smallest absolute Gasteiger partial charge is 0.319 e. The molecule has 0 aromatic rings. The van der Waals surface area contributed by atoms with Crippen molar-refractivity contribution >= 4 is 5.97 Å². The highest BCUT2D eigenvalue weighted by Gasteiger charge is 2.17. The fourth-order valence-electron chi connectivity index (χ4n) is 1.48. The molecule has 0 spiro atoms. The average Bonchev–Trinajstić information content (AvgIpc) is 2.19. The van der Waals surface area contributed by atoms with Crippen molar-refractivity contribution in [2.45, 2.75) is 32.7 Å². The van der Waals surface area contributed by atoms with Crippen LogP contribution in [0.15, 0.2) is 0 Å². The summed E-state index contributed by atoms with van der Waals surface area (Å²) in [5, 5.41) is 0. The topological polar surface area (TPSA) is 55.6 Å². The highest BCUT2D eigenvalue weighted by atomic mass is 16.5. The Morgan fingerprint density at radius 3 is 2.50 bits per heavy atom. The number of nitrogens with two attached hydrogens (primary N) is 1. The molecule has 14 heavy (non-hydrogen) atoms. The lowest BCUT2D eigenvalue weighted by molar-refractivity contribution is -0.142. The first-order chi connectivity index (χ1) is 6.69. The van der Waals surface area contributed by atoms with Crippen molar-refractivity contribution in [2.24, 2.45) is 5.73 Å². The van der Waals surface area contributed by atoms with E-state index in [0.29, 0.717) is 13.1 Å². The Morgan fingerprint density at radius 2 is 2.14 bits per heavy atom. The maximum atomic E-state index is 11.1. The molecule has 0 heterocycles.